The summed E-state index contributed by atoms with van der Waals surface area (Å²) < 4.78 is 6.16. The van der Waals surface area contributed by atoms with E-state index in [2.05, 4.69) is 17.6 Å². The fourth-order valence-electron chi connectivity index (χ4n) is 3.57. The third-order valence-corrected chi connectivity index (χ3v) is 5.44. The average molecular weight is 401 g/mol. The second-order valence-corrected chi connectivity index (χ2v) is 7.43. The molecule has 3 amide bonds. The summed E-state index contributed by atoms with van der Waals surface area (Å²) in [5.41, 5.74) is 0.827. The molecule has 3 rings (SSSR count). The van der Waals surface area contributed by atoms with Gasteiger partial charge in [0.25, 0.3) is 5.91 Å². The maximum absolute atomic E-state index is 12.1. The highest BCUT2D eigenvalue weighted by Crippen LogP contribution is 2.30. The molecule has 6 heteroatoms. The summed E-state index contributed by atoms with van der Waals surface area (Å²) in [6.07, 6.45) is 6.19. The van der Waals surface area contributed by atoms with E-state index in [1.54, 1.807) is 36.4 Å². The molecular formula is C22H25ClN2O3. The van der Waals surface area contributed by atoms with E-state index in [9.17, 15) is 9.59 Å². The number of hydrogen-bond acceptors (Lipinski definition) is 3. The number of carbonyl (C=O) groups excluding carboxylic acids is 2. The molecule has 0 spiro atoms. The molecule has 0 aliphatic heterocycles. The van der Waals surface area contributed by atoms with Gasteiger partial charge >= 0.3 is 6.03 Å². The van der Waals surface area contributed by atoms with Crippen LogP contribution in [0.5, 0.6) is 5.75 Å². The molecule has 5 nitrogen and oxygen atoms in total. The highest BCUT2D eigenvalue weighted by Gasteiger charge is 2.25. The van der Waals surface area contributed by atoms with E-state index >= 15 is 0 Å². The monoisotopic (exact) mass is 400 g/mol. The van der Waals surface area contributed by atoms with Gasteiger partial charge in [0.15, 0.2) is 0 Å². The molecule has 1 aliphatic carbocycles. The molecule has 1 saturated carbocycles. The molecule has 0 radical (unpaired) electrons. The zero-order valence-electron chi connectivity index (χ0n) is 15.9. The van der Waals surface area contributed by atoms with Crippen molar-refractivity contribution in [1.29, 1.82) is 0 Å². The first-order chi connectivity index (χ1) is 13.6. The fourth-order valence-corrected chi connectivity index (χ4v) is 3.79. The Labute approximate surface area is 170 Å². The lowest BCUT2D eigenvalue weighted by Gasteiger charge is -2.31. The van der Waals surface area contributed by atoms with Crippen LogP contribution in [0.15, 0.2) is 48.5 Å². The summed E-state index contributed by atoms with van der Waals surface area (Å²) in [5.74, 6) is 0.850. The molecule has 2 atom stereocenters. The van der Waals surface area contributed by atoms with E-state index in [1.165, 1.54) is 19.3 Å². The highest BCUT2D eigenvalue weighted by atomic mass is 35.5. The van der Waals surface area contributed by atoms with E-state index in [0.717, 1.165) is 18.6 Å². The summed E-state index contributed by atoms with van der Waals surface area (Å²) in [7, 11) is 0. The Morgan fingerprint density at radius 2 is 1.79 bits per heavy atom. The first kappa shape index (κ1) is 20.2. The minimum Gasteiger partial charge on any atom is -0.490 e. The van der Waals surface area contributed by atoms with E-state index in [1.807, 2.05) is 12.1 Å². The SMILES string of the molecule is CCC1CCCCC1Oc1ccc(NC(=O)NC(=O)c2ccccc2Cl)cc1. The van der Waals surface area contributed by atoms with E-state index in [0.29, 0.717) is 16.6 Å². The molecule has 0 aromatic heterocycles. The smallest absolute Gasteiger partial charge is 0.326 e. The van der Waals surface area contributed by atoms with Crippen molar-refractivity contribution >= 4 is 29.2 Å². The van der Waals surface area contributed by atoms with E-state index < -0.39 is 11.9 Å². The first-order valence-corrected chi connectivity index (χ1v) is 10.1. The van der Waals surface area contributed by atoms with Crippen molar-refractivity contribution in [1.82, 2.24) is 5.32 Å². The van der Waals surface area contributed by atoms with Crippen LogP contribution in [0.3, 0.4) is 0 Å². The molecule has 2 unspecified atom stereocenters. The maximum atomic E-state index is 12.1. The normalized spacial score (nSPS) is 18.9. The van der Waals surface area contributed by atoms with Gasteiger partial charge in [-0.1, -0.05) is 37.1 Å². The van der Waals surface area contributed by atoms with Crippen LogP contribution in [-0.2, 0) is 0 Å². The Balaban J connectivity index is 1.54. The lowest BCUT2D eigenvalue weighted by atomic mass is 9.85. The molecular weight excluding hydrogens is 376 g/mol. The fraction of sp³-hybridized carbons (Fsp3) is 0.364. The van der Waals surface area contributed by atoms with Crippen LogP contribution in [-0.4, -0.2) is 18.0 Å². The lowest BCUT2D eigenvalue weighted by molar-refractivity contribution is 0.0904. The van der Waals surface area contributed by atoms with Gasteiger partial charge in [-0.3, -0.25) is 10.1 Å². The van der Waals surface area contributed by atoms with E-state index in [-0.39, 0.29) is 11.7 Å². The lowest BCUT2D eigenvalue weighted by Crippen LogP contribution is -2.34. The second kappa shape index (κ2) is 9.60. The number of ether oxygens (including phenoxy) is 1. The largest absolute Gasteiger partial charge is 0.490 e. The molecule has 2 aromatic rings. The quantitative estimate of drug-likeness (QED) is 0.681. The minimum absolute atomic E-state index is 0.251. The van der Waals surface area contributed by atoms with Crippen molar-refractivity contribution in [2.75, 3.05) is 5.32 Å². The summed E-state index contributed by atoms with van der Waals surface area (Å²) >= 11 is 5.97. The summed E-state index contributed by atoms with van der Waals surface area (Å²) in [5, 5.41) is 5.21. The molecule has 28 heavy (non-hydrogen) atoms. The first-order valence-electron chi connectivity index (χ1n) is 9.70. The van der Waals surface area contributed by atoms with Gasteiger partial charge < -0.3 is 10.1 Å². The van der Waals surface area contributed by atoms with Crippen molar-refractivity contribution < 1.29 is 14.3 Å². The number of halogens is 1. The van der Waals surface area contributed by atoms with Crippen molar-refractivity contribution in [3.63, 3.8) is 0 Å². The molecule has 0 bridgehead atoms. The number of urea groups is 1. The van der Waals surface area contributed by atoms with Crippen LogP contribution in [0.1, 0.15) is 49.4 Å². The molecule has 2 N–H and O–H groups in total. The Hall–Kier alpha value is -2.53. The average Bonchev–Trinajstić information content (AvgIpc) is 2.70. The predicted octanol–water partition coefficient (Wildman–Crippen LogP) is 5.65. The van der Waals surface area contributed by atoms with Crippen molar-refractivity contribution in [3.05, 3.63) is 59.1 Å². The third kappa shape index (κ3) is 5.26. The number of nitrogens with one attached hydrogen (secondary N) is 2. The highest BCUT2D eigenvalue weighted by molar-refractivity contribution is 6.34. The Bertz CT molecular complexity index is 823. The Kier molecular flexibility index (Phi) is 6.93. The number of carbonyl (C=O) groups is 2. The Morgan fingerprint density at radius 3 is 2.50 bits per heavy atom. The maximum Gasteiger partial charge on any atom is 0.326 e. The minimum atomic E-state index is -0.614. The molecule has 2 aromatic carbocycles. The number of benzene rings is 2. The summed E-state index contributed by atoms with van der Waals surface area (Å²) in [4.78, 5) is 24.2. The number of amides is 3. The van der Waals surface area contributed by atoms with Crippen molar-refractivity contribution in [2.45, 2.75) is 45.1 Å². The van der Waals surface area contributed by atoms with Crippen molar-refractivity contribution in [2.24, 2.45) is 5.92 Å². The summed E-state index contributed by atoms with van der Waals surface area (Å²) in [6.45, 7) is 2.21. The molecule has 148 valence electrons. The standard InChI is InChI=1S/C22H25ClN2O3/c1-2-15-7-3-6-10-20(15)28-17-13-11-16(12-14-17)24-22(27)25-21(26)18-8-4-5-9-19(18)23/h4-5,8-9,11-15,20H,2-3,6-7,10H2,1H3,(H2,24,25,26,27). The van der Waals surface area contributed by atoms with Crippen LogP contribution in [0.25, 0.3) is 0 Å². The number of rotatable bonds is 5. The van der Waals surface area contributed by atoms with Gasteiger partial charge in [-0.15, -0.1) is 0 Å². The predicted molar refractivity (Wildman–Crippen MR) is 111 cm³/mol. The molecule has 1 fully saturated rings. The third-order valence-electron chi connectivity index (χ3n) is 5.11. The summed E-state index contributed by atoms with van der Waals surface area (Å²) in [6, 6.07) is 13.2. The van der Waals surface area contributed by atoms with Crippen LogP contribution in [0, 0.1) is 5.92 Å². The van der Waals surface area contributed by atoms with Crippen LogP contribution in [0.2, 0.25) is 5.02 Å². The zero-order valence-corrected chi connectivity index (χ0v) is 16.7. The Morgan fingerprint density at radius 1 is 1.07 bits per heavy atom. The van der Waals surface area contributed by atoms with Crippen LogP contribution < -0.4 is 15.4 Å². The topological polar surface area (TPSA) is 67.4 Å². The van der Waals surface area contributed by atoms with Crippen LogP contribution >= 0.6 is 11.6 Å². The van der Waals surface area contributed by atoms with E-state index in [4.69, 9.17) is 16.3 Å². The van der Waals surface area contributed by atoms with Gasteiger partial charge in [0.2, 0.25) is 0 Å². The van der Waals surface area contributed by atoms with Gasteiger partial charge in [-0.2, -0.15) is 0 Å². The van der Waals surface area contributed by atoms with Crippen molar-refractivity contribution in [3.8, 4) is 5.75 Å². The molecule has 0 saturated heterocycles. The molecule has 0 heterocycles. The van der Waals surface area contributed by atoms with Gasteiger partial charge in [0, 0.05) is 5.69 Å². The van der Waals surface area contributed by atoms with Crippen LogP contribution in [0.4, 0.5) is 10.5 Å². The van der Waals surface area contributed by atoms with Gasteiger partial charge in [-0.05, 0) is 68.0 Å². The van der Waals surface area contributed by atoms with Gasteiger partial charge in [0.1, 0.15) is 11.9 Å². The number of hydrogen-bond donors (Lipinski definition) is 2. The number of anilines is 1. The zero-order chi connectivity index (χ0) is 19.9. The van der Waals surface area contributed by atoms with Gasteiger partial charge in [-0.25, -0.2) is 4.79 Å². The van der Waals surface area contributed by atoms with Gasteiger partial charge in [0.05, 0.1) is 10.6 Å². The molecule has 1 aliphatic rings. The second-order valence-electron chi connectivity index (χ2n) is 7.02. The number of imide groups is 1.